The molecule has 0 saturated heterocycles. The zero-order valence-corrected chi connectivity index (χ0v) is 7.64. The van der Waals surface area contributed by atoms with E-state index in [4.69, 9.17) is 10.8 Å². The molecule has 1 aliphatic carbocycles. The number of carboxylic acids is 1. The van der Waals surface area contributed by atoms with Crippen LogP contribution in [0.25, 0.3) is 0 Å². The van der Waals surface area contributed by atoms with Crippen molar-refractivity contribution in [3.05, 3.63) is 11.6 Å². The van der Waals surface area contributed by atoms with Crippen molar-refractivity contribution in [3.8, 4) is 0 Å². The number of rotatable bonds is 3. The summed E-state index contributed by atoms with van der Waals surface area (Å²) in [6, 6.07) is 0. The van der Waals surface area contributed by atoms with E-state index >= 15 is 0 Å². The maximum absolute atomic E-state index is 10.3. The van der Waals surface area contributed by atoms with Crippen LogP contribution in [-0.2, 0) is 4.79 Å². The Kier molecular flexibility index (Phi) is 4.93. The predicted octanol–water partition coefficient (Wildman–Crippen LogP) is 1.18. The highest BCUT2D eigenvalue weighted by Gasteiger charge is 2.28. The number of carboxylic acid groups (broad SMARTS) is 1. The van der Waals surface area contributed by atoms with Gasteiger partial charge in [0, 0.05) is 0 Å². The number of hydrogen-bond donors (Lipinski definition) is 2. The molecular weight excluding hydrogens is 178 g/mol. The van der Waals surface area contributed by atoms with Crippen LogP contribution in [0.1, 0.15) is 19.3 Å². The summed E-state index contributed by atoms with van der Waals surface area (Å²) in [5.41, 5.74) is 6.54. The molecule has 0 unspecified atom stereocenters. The maximum Gasteiger partial charge on any atom is 0.307 e. The van der Waals surface area contributed by atoms with E-state index in [-0.39, 0.29) is 18.3 Å². The molecule has 0 radical (unpaired) electrons. The van der Waals surface area contributed by atoms with Gasteiger partial charge >= 0.3 is 5.97 Å². The molecule has 1 rings (SSSR count). The van der Waals surface area contributed by atoms with Crippen LogP contribution in [0.4, 0.5) is 0 Å². The lowest BCUT2D eigenvalue weighted by molar-refractivity contribution is -0.143. The van der Waals surface area contributed by atoms with Gasteiger partial charge in [0.25, 0.3) is 0 Å². The number of aliphatic carboxylic acids is 1. The molecule has 70 valence electrons. The highest BCUT2D eigenvalue weighted by molar-refractivity contribution is 5.85. The van der Waals surface area contributed by atoms with Gasteiger partial charge in [0.2, 0.25) is 0 Å². The van der Waals surface area contributed by atoms with Gasteiger partial charge in [0.1, 0.15) is 0 Å². The molecule has 1 aliphatic rings. The van der Waals surface area contributed by atoms with Crippen LogP contribution in [0.5, 0.6) is 0 Å². The highest BCUT2D eigenvalue weighted by atomic mass is 35.5. The Morgan fingerprint density at radius 1 is 1.67 bits per heavy atom. The van der Waals surface area contributed by atoms with Crippen molar-refractivity contribution < 1.29 is 9.90 Å². The van der Waals surface area contributed by atoms with Crippen molar-refractivity contribution in [3.63, 3.8) is 0 Å². The minimum Gasteiger partial charge on any atom is -0.481 e. The Hall–Kier alpha value is -0.540. The molecule has 1 fully saturated rings. The predicted molar refractivity (Wildman–Crippen MR) is 49.4 cm³/mol. The van der Waals surface area contributed by atoms with E-state index in [1.165, 1.54) is 5.57 Å². The van der Waals surface area contributed by atoms with E-state index in [9.17, 15) is 4.79 Å². The molecule has 0 bridgehead atoms. The lowest BCUT2D eigenvalue weighted by Gasteiger charge is -2.25. The lowest BCUT2D eigenvalue weighted by Crippen LogP contribution is -2.23. The monoisotopic (exact) mass is 191 g/mol. The van der Waals surface area contributed by atoms with Crippen molar-refractivity contribution in [2.24, 2.45) is 11.7 Å². The Labute approximate surface area is 78.0 Å². The molecule has 3 N–H and O–H groups in total. The van der Waals surface area contributed by atoms with Gasteiger partial charge in [-0.2, -0.15) is 0 Å². The molecule has 0 aromatic rings. The summed E-state index contributed by atoms with van der Waals surface area (Å²) in [6.45, 7) is 0.654. The summed E-state index contributed by atoms with van der Waals surface area (Å²) in [4.78, 5) is 10.3. The molecule has 0 heterocycles. The van der Waals surface area contributed by atoms with Gasteiger partial charge in [-0.25, -0.2) is 0 Å². The molecule has 0 aromatic heterocycles. The molecule has 0 spiro atoms. The van der Waals surface area contributed by atoms with E-state index in [2.05, 4.69) is 6.08 Å². The van der Waals surface area contributed by atoms with E-state index in [1.54, 1.807) is 0 Å². The van der Waals surface area contributed by atoms with E-state index in [1.807, 2.05) is 0 Å². The Bertz CT molecular complexity index is 183. The van der Waals surface area contributed by atoms with Gasteiger partial charge in [-0.05, 0) is 25.8 Å². The quantitative estimate of drug-likeness (QED) is 0.659. The topological polar surface area (TPSA) is 63.3 Å². The molecule has 0 amide bonds. The number of allylic oxidation sites excluding steroid dienone is 1. The summed E-state index contributed by atoms with van der Waals surface area (Å²) < 4.78 is 0. The first-order valence-electron chi connectivity index (χ1n) is 3.85. The van der Waals surface area contributed by atoms with Crippen LogP contribution >= 0.6 is 12.4 Å². The number of hydrogen-bond acceptors (Lipinski definition) is 2. The van der Waals surface area contributed by atoms with E-state index in [0.29, 0.717) is 6.54 Å². The second-order valence-electron chi connectivity index (χ2n) is 2.88. The molecule has 3 nitrogen and oxygen atoms in total. The summed E-state index contributed by atoms with van der Waals surface area (Å²) in [7, 11) is 0. The van der Waals surface area contributed by atoms with E-state index < -0.39 is 5.97 Å². The normalized spacial score (nSPS) is 20.8. The first kappa shape index (κ1) is 11.5. The molecule has 0 atom stereocenters. The largest absolute Gasteiger partial charge is 0.481 e. The standard InChI is InChI=1S/C8H13NO2.ClH/c9-3-1-2-6-4-7(5-6)8(10)11;/h2,7H,1,3-5,9H2,(H,10,11);1H. The average Bonchev–Trinajstić information content (AvgIpc) is 1.84. The van der Waals surface area contributed by atoms with E-state index in [0.717, 1.165) is 19.3 Å². The summed E-state index contributed by atoms with van der Waals surface area (Å²) in [5.74, 6) is -0.797. The molecule has 4 heteroatoms. The maximum atomic E-state index is 10.3. The first-order chi connectivity index (χ1) is 5.24. The third kappa shape index (κ3) is 2.83. The third-order valence-corrected chi connectivity index (χ3v) is 1.97. The second kappa shape index (κ2) is 5.17. The molecule has 0 aliphatic heterocycles. The Morgan fingerprint density at radius 2 is 2.25 bits per heavy atom. The zero-order valence-electron chi connectivity index (χ0n) is 6.82. The van der Waals surface area contributed by atoms with Gasteiger partial charge in [-0.1, -0.05) is 11.6 Å². The van der Waals surface area contributed by atoms with Gasteiger partial charge in [-0.3, -0.25) is 4.79 Å². The molecular formula is C8H14ClNO2. The van der Waals surface area contributed by atoms with Crippen LogP contribution in [-0.4, -0.2) is 17.6 Å². The van der Waals surface area contributed by atoms with Crippen LogP contribution in [0, 0.1) is 5.92 Å². The fraction of sp³-hybridized carbons (Fsp3) is 0.625. The van der Waals surface area contributed by atoms with Crippen molar-refractivity contribution in [1.29, 1.82) is 0 Å². The van der Waals surface area contributed by atoms with Gasteiger partial charge < -0.3 is 10.8 Å². The van der Waals surface area contributed by atoms with Crippen LogP contribution < -0.4 is 5.73 Å². The number of halogens is 1. The minimum atomic E-state index is -0.671. The smallest absolute Gasteiger partial charge is 0.307 e. The van der Waals surface area contributed by atoms with Gasteiger partial charge in [0.05, 0.1) is 5.92 Å². The Balaban J connectivity index is 0.00000121. The van der Waals surface area contributed by atoms with Gasteiger partial charge in [-0.15, -0.1) is 12.4 Å². The second-order valence-corrected chi connectivity index (χ2v) is 2.88. The van der Waals surface area contributed by atoms with Crippen molar-refractivity contribution >= 4 is 18.4 Å². The Morgan fingerprint density at radius 3 is 2.67 bits per heavy atom. The fourth-order valence-electron chi connectivity index (χ4n) is 1.20. The molecule has 12 heavy (non-hydrogen) atoms. The lowest BCUT2D eigenvalue weighted by atomic mass is 9.80. The first-order valence-corrected chi connectivity index (χ1v) is 3.85. The third-order valence-electron chi connectivity index (χ3n) is 1.97. The van der Waals surface area contributed by atoms with Gasteiger partial charge in [0.15, 0.2) is 0 Å². The highest BCUT2D eigenvalue weighted by Crippen LogP contribution is 2.32. The molecule has 1 saturated carbocycles. The van der Waals surface area contributed by atoms with Crippen molar-refractivity contribution in [2.75, 3.05) is 6.54 Å². The van der Waals surface area contributed by atoms with Crippen LogP contribution in [0.15, 0.2) is 11.6 Å². The number of nitrogens with two attached hydrogens (primary N) is 1. The summed E-state index contributed by atoms with van der Waals surface area (Å²) in [6.07, 6.45) is 4.39. The fourth-order valence-corrected chi connectivity index (χ4v) is 1.20. The summed E-state index contributed by atoms with van der Waals surface area (Å²) in [5, 5.41) is 8.52. The number of carbonyl (C=O) groups is 1. The zero-order chi connectivity index (χ0) is 8.27. The SMILES string of the molecule is Cl.NCCC=C1CC(C(=O)O)C1. The molecule has 0 aromatic carbocycles. The van der Waals surface area contributed by atoms with Crippen LogP contribution in [0.2, 0.25) is 0 Å². The average molecular weight is 192 g/mol. The van der Waals surface area contributed by atoms with Crippen LogP contribution in [0.3, 0.4) is 0 Å². The van der Waals surface area contributed by atoms with Crippen molar-refractivity contribution in [2.45, 2.75) is 19.3 Å². The minimum absolute atomic E-state index is 0. The van der Waals surface area contributed by atoms with Crippen molar-refractivity contribution in [1.82, 2.24) is 0 Å². The summed E-state index contributed by atoms with van der Waals surface area (Å²) >= 11 is 0.